The fraction of sp³-hybridized carbons (Fsp3) is 0.571. The van der Waals surface area contributed by atoms with Gasteiger partial charge in [-0.05, 0) is 40.9 Å². The summed E-state index contributed by atoms with van der Waals surface area (Å²) in [7, 11) is 0. The summed E-state index contributed by atoms with van der Waals surface area (Å²) in [4.78, 5) is 2.42. The van der Waals surface area contributed by atoms with Gasteiger partial charge in [-0.15, -0.1) is 0 Å². The highest BCUT2D eigenvalue weighted by Gasteiger charge is 2.22. The molecule has 1 unspecified atom stereocenters. The largest absolute Gasteiger partial charge is 0.369 e. The number of hydrogen-bond acceptors (Lipinski definition) is 2. The van der Waals surface area contributed by atoms with Crippen molar-refractivity contribution in [3.63, 3.8) is 0 Å². The first-order chi connectivity index (χ1) is 8.58. The third-order valence-corrected chi connectivity index (χ3v) is 4.64. The summed E-state index contributed by atoms with van der Waals surface area (Å²) < 4.78 is 1.01. The Morgan fingerprint density at radius 2 is 2.22 bits per heavy atom. The molecule has 4 heteroatoms. The number of nitrogens with zero attached hydrogens (tertiary/aromatic N) is 1. The average Bonchev–Trinajstić information content (AvgIpc) is 2.32. The molecule has 1 saturated heterocycles. The first kappa shape index (κ1) is 14.2. The zero-order valence-corrected chi connectivity index (χ0v) is 13.3. The van der Waals surface area contributed by atoms with E-state index in [1.54, 1.807) is 0 Å². The molecule has 1 aliphatic rings. The van der Waals surface area contributed by atoms with Crippen LogP contribution >= 0.6 is 27.5 Å². The molecule has 0 aromatic heterocycles. The molecule has 1 aliphatic heterocycles. The fourth-order valence-electron chi connectivity index (χ4n) is 2.54. The normalized spacial score (nSPS) is 20.5. The smallest absolute Gasteiger partial charge is 0.0595 e. The fourth-order valence-corrected chi connectivity index (χ4v) is 3.22. The first-order valence-electron chi connectivity index (χ1n) is 6.53. The van der Waals surface area contributed by atoms with Gasteiger partial charge < -0.3 is 10.2 Å². The Hall–Kier alpha value is -0.250. The maximum absolute atomic E-state index is 6.16. The summed E-state index contributed by atoms with van der Waals surface area (Å²) in [6.45, 7) is 6.56. The molecular formula is C14H20BrClN2. The zero-order chi connectivity index (χ0) is 13.1. The van der Waals surface area contributed by atoms with Crippen LogP contribution in [-0.4, -0.2) is 25.2 Å². The molecule has 1 fully saturated rings. The number of piperidine rings is 1. The van der Waals surface area contributed by atoms with Gasteiger partial charge in [-0.25, -0.2) is 0 Å². The van der Waals surface area contributed by atoms with Crippen LogP contribution in [0.3, 0.4) is 0 Å². The van der Waals surface area contributed by atoms with E-state index >= 15 is 0 Å². The number of halogens is 2. The zero-order valence-electron chi connectivity index (χ0n) is 10.9. The minimum Gasteiger partial charge on any atom is -0.369 e. The predicted molar refractivity (Wildman–Crippen MR) is 82.7 cm³/mol. The lowest BCUT2D eigenvalue weighted by molar-refractivity contribution is 0.394. The molecule has 1 aromatic carbocycles. The van der Waals surface area contributed by atoms with Gasteiger partial charge in [0.2, 0.25) is 0 Å². The van der Waals surface area contributed by atoms with E-state index in [0.29, 0.717) is 12.1 Å². The van der Waals surface area contributed by atoms with Crippen LogP contribution in [-0.2, 0) is 0 Å². The summed E-state index contributed by atoms with van der Waals surface area (Å²) in [5.41, 5.74) is 1.21. The summed E-state index contributed by atoms with van der Waals surface area (Å²) in [5, 5.41) is 4.41. The van der Waals surface area contributed by atoms with E-state index in [1.165, 1.54) is 18.5 Å². The Balaban J connectivity index is 2.11. The Kier molecular flexibility index (Phi) is 4.93. The van der Waals surface area contributed by atoms with Crippen LogP contribution in [0.1, 0.15) is 26.7 Å². The van der Waals surface area contributed by atoms with Crippen molar-refractivity contribution in [3.8, 4) is 0 Å². The molecule has 1 N–H and O–H groups in total. The monoisotopic (exact) mass is 330 g/mol. The van der Waals surface area contributed by atoms with Crippen molar-refractivity contribution in [1.29, 1.82) is 0 Å². The molecule has 0 radical (unpaired) electrons. The van der Waals surface area contributed by atoms with Crippen LogP contribution in [0.25, 0.3) is 0 Å². The van der Waals surface area contributed by atoms with Crippen LogP contribution in [0.2, 0.25) is 5.02 Å². The van der Waals surface area contributed by atoms with Gasteiger partial charge in [-0.3, -0.25) is 0 Å². The van der Waals surface area contributed by atoms with E-state index in [-0.39, 0.29) is 0 Å². The third kappa shape index (κ3) is 3.40. The molecule has 2 rings (SSSR count). The summed E-state index contributed by atoms with van der Waals surface area (Å²) in [6.07, 6.45) is 2.48. The van der Waals surface area contributed by atoms with Gasteiger partial charge in [0.05, 0.1) is 15.2 Å². The lowest BCUT2D eigenvalue weighted by atomic mass is 10.0. The van der Waals surface area contributed by atoms with Gasteiger partial charge in [0.15, 0.2) is 0 Å². The number of rotatable bonds is 3. The van der Waals surface area contributed by atoms with Gasteiger partial charge in [-0.2, -0.15) is 0 Å². The van der Waals surface area contributed by atoms with Crippen LogP contribution < -0.4 is 10.2 Å². The van der Waals surface area contributed by atoms with Crippen molar-refractivity contribution in [2.45, 2.75) is 38.8 Å². The lowest BCUT2D eigenvalue weighted by Crippen LogP contribution is -2.48. The second-order valence-corrected chi connectivity index (χ2v) is 6.38. The van der Waals surface area contributed by atoms with Crippen LogP contribution in [0.4, 0.5) is 5.69 Å². The standard InChI is InChI=1S/C14H20BrClN2/c1-10(2)17-11-5-4-8-18(9-11)13-7-3-6-12(16)14(13)15/h3,6-7,10-11,17H,4-5,8-9H2,1-2H3. The molecule has 100 valence electrons. The summed E-state index contributed by atoms with van der Waals surface area (Å²) >= 11 is 9.76. The molecule has 0 saturated carbocycles. The molecule has 0 aliphatic carbocycles. The molecule has 0 amide bonds. The van der Waals surface area contributed by atoms with Crippen molar-refractivity contribution in [2.75, 3.05) is 18.0 Å². The van der Waals surface area contributed by atoms with Gasteiger partial charge in [0.25, 0.3) is 0 Å². The Morgan fingerprint density at radius 1 is 1.44 bits per heavy atom. The number of anilines is 1. The van der Waals surface area contributed by atoms with E-state index in [9.17, 15) is 0 Å². The van der Waals surface area contributed by atoms with Gasteiger partial charge in [0, 0.05) is 25.2 Å². The summed E-state index contributed by atoms with van der Waals surface area (Å²) in [5.74, 6) is 0. The third-order valence-electron chi connectivity index (χ3n) is 3.26. The van der Waals surface area contributed by atoms with Crippen LogP contribution in [0.5, 0.6) is 0 Å². The molecule has 2 nitrogen and oxygen atoms in total. The van der Waals surface area contributed by atoms with Gasteiger partial charge in [0.1, 0.15) is 0 Å². The number of benzene rings is 1. The molecule has 0 bridgehead atoms. The highest BCUT2D eigenvalue weighted by molar-refractivity contribution is 9.10. The van der Waals surface area contributed by atoms with E-state index in [1.807, 2.05) is 12.1 Å². The molecule has 0 spiro atoms. The number of nitrogens with one attached hydrogen (secondary N) is 1. The van der Waals surface area contributed by atoms with Crippen LogP contribution in [0.15, 0.2) is 22.7 Å². The van der Waals surface area contributed by atoms with E-state index < -0.39 is 0 Å². The van der Waals surface area contributed by atoms with Crippen molar-refractivity contribution >= 4 is 33.2 Å². The van der Waals surface area contributed by atoms with Crippen molar-refractivity contribution in [2.24, 2.45) is 0 Å². The lowest BCUT2D eigenvalue weighted by Gasteiger charge is -2.36. The highest BCUT2D eigenvalue weighted by atomic mass is 79.9. The van der Waals surface area contributed by atoms with Crippen LogP contribution in [0, 0.1) is 0 Å². The first-order valence-corrected chi connectivity index (χ1v) is 7.70. The quantitative estimate of drug-likeness (QED) is 0.898. The Labute approximate surface area is 123 Å². The second-order valence-electron chi connectivity index (χ2n) is 5.18. The minimum absolute atomic E-state index is 0.540. The Morgan fingerprint density at radius 3 is 2.94 bits per heavy atom. The average molecular weight is 332 g/mol. The van der Waals surface area contributed by atoms with E-state index in [2.05, 4.69) is 46.1 Å². The van der Waals surface area contributed by atoms with E-state index in [4.69, 9.17) is 11.6 Å². The van der Waals surface area contributed by atoms with E-state index in [0.717, 1.165) is 22.6 Å². The molecule has 1 atom stereocenters. The van der Waals surface area contributed by atoms with Gasteiger partial charge in [-0.1, -0.05) is 31.5 Å². The second kappa shape index (κ2) is 6.27. The predicted octanol–water partition coefficient (Wildman–Crippen LogP) is 4.07. The minimum atomic E-state index is 0.540. The number of hydrogen-bond donors (Lipinski definition) is 1. The molecule has 1 heterocycles. The summed E-state index contributed by atoms with van der Waals surface area (Å²) in [6, 6.07) is 7.18. The Bertz CT molecular complexity index is 409. The van der Waals surface area contributed by atoms with Crippen molar-refractivity contribution in [1.82, 2.24) is 5.32 Å². The van der Waals surface area contributed by atoms with Crippen molar-refractivity contribution in [3.05, 3.63) is 27.7 Å². The molecular weight excluding hydrogens is 312 g/mol. The van der Waals surface area contributed by atoms with Crippen molar-refractivity contribution < 1.29 is 0 Å². The maximum Gasteiger partial charge on any atom is 0.0595 e. The maximum atomic E-state index is 6.16. The SMILES string of the molecule is CC(C)NC1CCCN(c2cccc(Cl)c2Br)C1. The highest BCUT2D eigenvalue weighted by Crippen LogP contribution is 2.34. The molecule has 1 aromatic rings. The van der Waals surface area contributed by atoms with Gasteiger partial charge >= 0.3 is 0 Å². The molecule has 18 heavy (non-hydrogen) atoms. The topological polar surface area (TPSA) is 15.3 Å².